The molecule has 0 spiro atoms. The second-order valence-corrected chi connectivity index (χ2v) is 8.80. The predicted octanol–water partition coefficient (Wildman–Crippen LogP) is 4.65. The third-order valence-electron chi connectivity index (χ3n) is 5.92. The fourth-order valence-electron chi connectivity index (χ4n) is 4.07. The van der Waals surface area contributed by atoms with Gasteiger partial charge in [0.05, 0.1) is 29.2 Å². The summed E-state index contributed by atoms with van der Waals surface area (Å²) in [5.74, 6) is 1.01. The number of aromatic nitrogens is 2. The number of para-hydroxylation sites is 1. The Labute approximate surface area is 188 Å². The van der Waals surface area contributed by atoms with E-state index >= 15 is 0 Å². The highest BCUT2D eigenvalue weighted by Gasteiger charge is 2.20. The summed E-state index contributed by atoms with van der Waals surface area (Å²) in [6.45, 7) is 5.18. The van der Waals surface area contributed by atoms with E-state index in [1.54, 1.807) is 7.11 Å². The first-order chi connectivity index (χ1) is 15.4. The Balaban J connectivity index is 1.80. The van der Waals surface area contributed by atoms with Crippen LogP contribution in [0.25, 0.3) is 32.8 Å². The van der Waals surface area contributed by atoms with Gasteiger partial charge in [0.25, 0.3) is 5.91 Å². The molecule has 3 aromatic carbocycles. The van der Waals surface area contributed by atoms with Gasteiger partial charge in [0.1, 0.15) is 11.3 Å². The normalized spacial score (nSPS) is 12.7. The van der Waals surface area contributed by atoms with Crippen LogP contribution < -0.4 is 10.1 Å². The van der Waals surface area contributed by atoms with Gasteiger partial charge in [-0.05, 0) is 63.3 Å². The number of hydrogen-bond acceptors (Lipinski definition) is 5. The lowest BCUT2D eigenvalue weighted by atomic mass is 10.00. The van der Waals surface area contributed by atoms with Crippen molar-refractivity contribution >= 4 is 38.7 Å². The Morgan fingerprint density at radius 3 is 2.44 bits per heavy atom. The standard InChI is InChI=1S/C26H30N4O2/c1-16(2)20(14-15-30(3)4)28-26(31)19-9-6-10-21-25(19)29-24-18-8-7-11-23(32-5)17(18)12-13-22(24)27-21/h6-13,16,20H,14-15H2,1-5H3,(H,28,31). The van der Waals surface area contributed by atoms with Gasteiger partial charge in [-0.15, -0.1) is 0 Å². The molecule has 6 nitrogen and oxygen atoms in total. The van der Waals surface area contributed by atoms with Crippen molar-refractivity contribution in [2.75, 3.05) is 27.7 Å². The van der Waals surface area contributed by atoms with E-state index in [-0.39, 0.29) is 11.9 Å². The van der Waals surface area contributed by atoms with Gasteiger partial charge in [0.15, 0.2) is 0 Å². The summed E-state index contributed by atoms with van der Waals surface area (Å²) in [5, 5.41) is 5.16. The van der Waals surface area contributed by atoms with Gasteiger partial charge in [-0.3, -0.25) is 4.79 Å². The van der Waals surface area contributed by atoms with Crippen molar-refractivity contribution in [1.29, 1.82) is 0 Å². The molecule has 0 bridgehead atoms. The molecule has 4 rings (SSSR count). The molecule has 0 aliphatic heterocycles. The van der Waals surface area contributed by atoms with Gasteiger partial charge < -0.3 is 15.0 Å². The molecule has 0 radical (unpaired) electrons. The van der Waals surface area contributed by atoms with E-state index in [4.69, 9.17) is 14.7 Å². The SMILES string of the molecule is COc1cccc2c1ccc1nc3cccc(C(=O)NC(CCN(C)C)C(C)C)c3nc12. The maximum Gasteiger partial charge on any atom is 0.253 e. The van der Waals surface area contributed by atoms with Gasteiger partial charge in [-0.1, -0.05) is 32.0 Å². The zero-order valence-electron chi connectivity index (χ0n) is 19.3. The van der Waals surface area contributed by atoms with Crippen LogP contribution in [-0.2, 0) is 0 Å². The molecule has 1 N–H and O–H groups in total. The third-order valence-corrected chi connectivity index (χ3v) is 5.92. The Kier molecular flexibility index (Phi) is 6.24. The molecule has 1 aromatic heterocycles. The molecule has 0 saturated heterocycles. The quantitative estimate of drug-likeness (QED) is 0.341. The van der Waals surface area contributed by atoms with Gasteiger partial charge in [0, 0.05) is 16.8 Å². The molecule has 0 saturated carbocycles. The number of hydrogen-bond donors (Lipinski definition) is 1. The summed E-state index contributed by atoms with van der Waals surface area (Å²) in [5.41, 5.74) is 3.43. The molecule has 1 heterocycles. The van der Waals surface area contributed by atoms with Crippen LogP contribution in [0.3, 0.4) is 0 Å². The summed E-state index contributed by atoms with van der Waals surface area (Å²) < 4.78 is 5.52. The van der Waals surface area contributed by atoms with Gasteiger partial charge in [0.2, 0.25) is 0 Å². The molecular formula is C26H30N4O2. The molecule has 1 amide bonds. The topological polar surface area (TPSA) is 67.3 Å². The molecule has 4 aromatic rings. The highest BCUT2D eigenvalue weighted by molar-refractivity contribution is 6.11. The second kappa shape index (κ2) is 9.09. The van der Waals surface area contributed by atoms with Crippen LogP contribution in [0, 0.1) is 5.92 Å². The number of nitrogens with one attached hydrogen (secondary N) is 1. The summed E-state index contributed by atoms with van der Waals surface area (Å²) >= 11 is 0. The van der Waals surface area contributed by atoms with Crippen LogP contribution in [0.1, 0.15) is 30.6 Å². The number of amides is 1. The Hall–Kier alpha value is -3.25. The lowest BCUT2D eigenvalue weighted by Gasteiger charge is -2.24. The first-order valence-corrected chi connectivity index (χ1v) is 11.0. The molecule has 1 atom stereocenters. The number of nitrogens with zero attached hydrogens (tertiary/aromatic N) is 3. The van der Waals surface area contributed by atoms with Crippen molar-refractivity contribution in [3.05, 3.63) is 54.1 Å². The van der Waals surface area contributed by atoms with Crippen LogP contribution in [-0.4, -0.2) is 54.6 Å². The Morgan fingerprint density at radius 2 is 1.72 bits per heavy atom. The minimum Gasteiger partial charge on any atom is -0.496 e. The van der Waals surface area contributed by atoms with Crippen molar-refractivity contribution in [2.45, 2.75) is 26.3 Å². The third kappa shape index (κ3) is 4.23. The first kappa shape index (κ1) is 22.0. The highest BCUT2D eigenvalue weighted by atomic mass is 16.5. The zero-order valence-corrected chi connectivity index (χ0v) is 19.3. The summed E-state index contributed by atoms with van der Waals surface area (Å²) in [6.07, 6.45) is 0.889. The smallest absolute Gasteiger partial charge is 0.253 e. The summed E-state index contributed by atoms with van der Waals surface area (Å²) in [7, 11) is 5.75. The van der Waals surface area contributed by atoms with Crippen LogP contribution >= 0.6 is 0 Å². The fraction of sp³-hybridized carbons (Fsp3) is 0.346. The average molecular weight is 431 g/mol. The highest BCUT2D eigenvalue weighted by Crippen LogP contribution is 2.31. The van der Waals surface area contributed by atoms with E-state index in [0.29, 0.717) is 22.5 Å². The maximum absolute atomic E-state index is 13.3. The number of carbonyl (C=O) groups is 1. The molecular weight excluding hydrogens is 400 g/mol. The summed E-state index contributed by atoms with van der Waals surface area (Å²) in [6, 6.07) is 15.5. The van der Waals surface area contributed by atoms with E-state index in [1.807, 2.05) is 62.6 Å². The molecule has 1 unspecified atom stereocenters. The monoisotopic (exact) mass is 430 g/mol. The van der Waals surface area contributed by atoms with Crippen molar-refractivity contribution in [3.63, 3.8) is 0 Å². The van der Waals surface area contributed by atoms with E-state index in [0.717, 1.165) is 40.5 Å². The summed E-state index contributed by atoms with van der Waals surface area (Å²) in [4.78, 5) is 25.2. The predicted molar refractivity (Wildman–Crippen MR) is 130 cm³/mol. The number of rotatable bonds is 7. The molecule has 32 heavy (non-hydrogen) atoms. The van der Waals surface area contributed by atoms with E-state index in [1.165, 1.54) is 0 Å². The van der Waals surface area contributed by atoms with Crippen LogP contribution in [0.4, 0.5) is 0 Å². The van der Waals surface area contributed by atoms with Crippen LogP contribution in [0.15, 0.2) is 48.5 Å². The largest absolute Gasteiger partial charge is 0.496 e. The van der Waals surface area contributed by atoms with Crippen molar-refractivity contribution in [1.82, 2.24) is 20.2 Å². The van der Waals surface area contributed by atoms with Crippen LogP contribution in [0.2, 0.25) is 0 Å². The van der Waals surface area contributed by atoms with Crippen molar-refractivity contribution < 1.29 is 9.53 Å². The van der Waals surface area contributed by atoms with Gasteiger partial charge in [-0.2, -0.15) is 0 Å². The van der Waals surface area contributed by atoms with E-state index in [2.05, 4.69) is 24.1 Å². The van der Waals surface area contributed by atoms with Crippen LogP contribution in [0.5, 0.6) is 5.75 Å². The van der Waals surface area contributed by atoms with Gasteiger partial charge >= 0.3 is 0 Å². The molecule has 6 heteroatoms. The second-order valence-electron chi connectivity index (χ2n) is 8.80. The number of methoxy groups -OCH3 is 1. The fourth-order valence-corrected chi connectivity index (χ4v) is 4.07. The van der Waals surface area contributed by atoms with E-state index in [9.17, 15) is 4.79 Å². The number of carbonyl (C=O) groups excluding carboxylic acids is 1. The van der Waals surface area contributed by atoms with Gasteiger partial charge in [-0.25, -0.2) is 9.97 Å². The minimum absolute atomic E-state index is 0.0821. The average Bonchev–Trinajstić information content (AvgIpc) is 2.78. The molecule has 0 aliphatic rings. The molecule has 0 aliphatic carbocycles. The number of fused-ring (bicyclic) bond motifs is 4. The van der Waals surface area contributed by atoms with E-state index < -0.39 is 0 Å². The maximum atomic E-state index is 13.3. The number of benzene rings is 3. The van der Waals surface area contributed by atoms with Crippen molar-refractivity contribution in [3.8, 4) is 5.75 Å². The Morgan fingerprint density at radius 1 is 0.969 bits per heavy atom. The lowest BCUT2D eigenvalue weighted by Crippen LogP contribution is -2.40. The zero-order chi connectivity index (χ0) is 22.8. The number of ether oxygens (including phenoxy) is 1. The van der Waals surface area contributed by atoms with Crippen molar-refractivity contribution in [2.24, 2.45) is 5.92 Å². The molecule has 0 fully saturated rings. The Bertz CT molecular complexity index is 1280. The minimum atomic E-state index is -0.112. The lowest BCUT2D eigenvalue weighted by molar-refractivity contribution is 0.0922. The molecule has 166 valence electrons. The first-order valence-electron chi connectivity index (χ1n) is 11.0.